The van der Waals surface area contributed by atoms with Crippen LogP contribution in [0.3, 0.4) is 0 Å². The van der Waals surface area contributed by atoms with Gasteiger partial charge in [-0.25, -0.2) is 0 Å². The van der Waals surface area contributed by atoms with Gasteiger partial charge in [-0.3, -0.25) is 14.3 Å². The van der Waals surface area contributed by atoms with Crippen molar-refractivity contribution in [1.82, 2.24) is 25.1 Å². The lowest BCUT2D eigenvalue weighted by Gasteiger charge is -2.15. The van der Waals surface area contributed by atoms with Crippen LogP contribution in [0.5, 0.6) is 0 Å². The number of aromatic nitrogens is 4. The Morgan fingerprint density at radius 1 is 1.00 bits per heavy atom. The molecule has 2 aromatic carbocycles. The number of thioether (sulfide) groups is 1. The minimum atomic E-state index is -0.0739. The molecule has 5 rings (SSSR count). The van der Waals surface area contributed by atoms with E-state index < -0.39 is 0 Å². The molecule has 1 atom stereocenters. The van der Waals surface area contributed by atoms with Crippen LogP contribution in [-0.4, -0.2) is 31.4 Å². The maximum atomic E-state index is 12.7. The number of hydrogen-bond donors (Lipinski definition) is 1. The van der Waals surface area contributed by atoms with Gasteiger partial charge in [-0.15, -0.1) is 10.2 Å². The predicted molar refractivity (Wildman–Crippen MR) is 131 cm³/mol. The fraction of sp³-hybridized carbons (Fsp3) is 0.231. The number of pyridine rings is 1. The summed E-state index contributed by atoms with van der Waals surface area (Å²) in [5.74, 6) is 1.10. The third-order valence-corrected chi connectivity index (χ3v) is 6.67. The molecule has 1 aliphatic rings. The van der Waals surface area contributed by atoms with E-state index in [4.69, 9.17) is 0 Å². The van der Waals surface area contributed by atoms with E-state index in [1.54, 1.807) is 12.4 Å². The zero-order valence-electron chi connectivity index (χ0n) is 18.4. The average molecular weight is 456 g/mol. The smallest absolute Gasteiger partial charge is 0.230 e. The van der Waals surface area contributed by atoms with Gasteiger partial charge in [0.2, 0.25) is 5.91 Å². The molecule has 0 spiro atoms. The van der Waals surface area contributed by atoms with Gasteiger partial charge in [-0.1, -0.05) is 66.4 Å². The average Bonchev–Trinajstić information content (AvgIpc) is 3.62. The van der Waals surface area contributed by atoms with Crippen LogP contribution in [0, 0.1) is 0 Å². The summed E-state index contributed by atoms with van der Waals surface area (Å²) in [6, 6.07) is 22.8. The molecule has 4 aromatic rings. The van der Waals surface area contributed by atoms with Gasteiger partial charge < -0.3 is 5.32 Å². The normalized spacial score (nSPS) is 14.1. The quantitative estimate of drug-likeness (QED) is 0.365. The highest BCUT2D eigenvalue weighted by molar-refractivity contribution is 7.99. The Kier molecular flexibility index (Phi) is 6.21. The maximum Gasteiger partial charge on any atom is 0.230 e. The minimum absolute atomic E-state index is 0.0205. The first kappa shape index (κ1) is 21.4. The Labute approximate surface area is 197 Å². The monoisotopic (exact) mass is 455 g/mol. The van der Waals surface area contributed by atoms with E-state index >= 15 is 0 Å². The lowest BCUT2D eigenvalue weighted by Crippen LogP contribution is -2.28. The van der Waals surface area contributed by atoms with Crippen molar-refractivity contribution in [3.8, 4) is 22.5 Å². The number of hydrogen-bond acceptors (Lipinski definition) is 5. The number of amides is 1. The van der Waals surface area contributed by atoms with Gasteiger partial charge in [-0.05, 0) is 48.6 Å². The molecule has 0 bridgehead atoms. The summed E-state index contributed by atoms with van der Waals surface area (Å²) < 4.78 is 2.15. The molecule has 2 aromatic heterocycles. The van der Waals surface area contributed by atoms with Gasteiger partial charge >= 0.3 is 0 Å². The fourth-order valence-corrected chi connectivity index (χ4v) is 4.64. The summed E-state index contributed by atoms with van der Waals surface area (Å²) in [6.45, 7) is 2.01. The van der Waals surface area contributed by atoms with Crippen LogP contribution in [0.1, 0.15) is 37.4 Å². The van der Waals surface area contributed by atoms with Crippen molar-refractivity contribution in [1.29, 1.82) is 0 Å². The van der Waals surface area contributed by atoms with Crippen molar-refractivity contribution in [2.45, 2.75) is 37.0 Å². The standard InChI is InChI=1S/C26H25N5OS/c1-18(19-9-11-21(12-10-19)20-6-3-2-4-7-20)28-24(32)17-33-26-30-29-25(31(26)23-13-14-23)22-8-5-15-27-16-22/h2-12,15-16,18,23H,13-14,17H2,1H3,(H,28,32)/t18-/m0/s1. The Balaban J connectivity index is 1.21. The van der Waals surface area contributed by atoms with Crippen molar-refractivity contribution in [2.75, 3.05) is 5.75 Å². The van der Waals surface area contributed by atoms with E-state index in [1.807, 2.05) is 37.3 Å². The summed E-state index contributed by atoms with van der Waals surface area (Å²) in [7, 11) is 0. The van der Waals surface area contributed by atoms with Crippen LogP contribution in [0.25, 0.3) is 22.5 Å². The molecule has 1 amide bonds. The number of carbonyl (C=O) groups is 1. The van der Waals surface area contributed by atoms with E-state index in [0.717, 1.165) is 40.5 Å². The molecular weight excluding hydrogens is 430 g/mol. The SMILES string of the molecule is C[C@H](NC(=O)CSc1nnc(-c2cccnc2)n1C1CC1)c1ccc(-c2ccccc2)cc1. The Morgan fingerprint density at radius 2 is 1.73 bits per heavy atom. The van der Waals surface area contributed by atoms with Gasteiger partial charge in [0.25, 0.3) is 0 Å². The molecular formula is C26H25N5OS. The van der Waals surface area contributed by atoms with Crippen LogP contribution in [0.4, 0.5) is 0 Å². The van der Waals surface area contributed by atoms with Gasteiger partial charge in [0.1, 0.15) is 0 Å². The molecule has 2 heterocycles. The van der Waals surface area contributed by atoms with E-state index in [1.165, 1.54) is 17.3 Å². The van der Waals surface area contributed by atoms with E-state index in [9.17, 15) is 4.79 Å². The highest BCUT2D eigenvalue weighted by atomic mass is 32.2. The molecule has 0 unspecified atom stereocenters. The number of nitrogens with one attached hydrogen (secondary N) is 1. The van der Waals surface area contributed by atoms with E-state index in [-0.39, 0.29) is 11.9 Å². The van der Waals surface area contributed by atoms with Crippen molar-refractivity contribution in [3.63, 3.8) is 0 Å². The third kappa shape index (κ3) is 4.98. The van der Waals surface area contributed by atoms with Crippen LogP contribution in [-0.2, 0) is 4.79 Å². The van der Waals surface area contributed by atoms with Gasteiger partial charge in [-0.2, -0.15) is 0 Å². The van der Waals surface area contributed by atoms with Crippen molar-refractivity contribution >= 4 is 17.7 Å². The maximum absolute atomic E-state index is 12.7. The molecule has 0 saturated heterocycles. The second kappa shape index (κ2) is 9.58. The largest absolute Gasteiger partial charge is 0.349 e. The second-order valence-corrected chi connectivity index (χ2v) is 9.16. The second-order valence-electron chi connectivity index (χ2n) is 8.21. The first-order chi connectivity index (χ1) is 16.2. The van der Waals surface area contributed by atoms with Crippen LogP contribution in [0.2, 0.25) is 0 Å². The molecule has 1 saturated carbocycles. The molecule has 6 nitrogen and oxygen atoms in total. The van der Waals surface area contributed by atoms with Gasteiger partial charge in [0.05, 0.1) is 11.8 Å². The number of nitrogens with zero attached hydrogens (tertiary/aromatic N) is 4. The number of rotatable bonds is 8. The first-order valence-corrected chi connectivity index (χ1v) is 12.1. The van der Waals surface area contributed by atoms with Crippen molar-refractivity contribution < 1.29 is 4.79 Å². The number of carbonyl (C=O) groups excluding carboxylic acids is 1. The van der Waals surface area contributed by atoms with Crippen molar-refractivity contribution in [2.24, 2.45) is 0 Å². The predicted octanol–water partition coefficient (Wildman–Crippen LogP) is 5.31. The van der Waals surface area contributed by atoms with Crippen molar-refractivity contribution in [3.05, 3.63) is 84.7 Å². The van der Waals surface area contributed by atoms with Crippen LogP contribution >= 0.6 is 11.8 Å². The Hall–Kier alpha value is -3.45. The summed E-state index contributed by atoms with van der Waals surface area (Å²) in [6.07, 6.45) is 5.77. The third-order valence-electron chi connectivity index (χ3n) is 5.72. The van der Waals surface area contributed by atoms with Gasteiger partial charge in [0, 0.05) is 24.0 Å². The summed E-state index contributed by atoms with van der Waals surface area (Å²) >= 11 is 1.43. The fourth-order valence-electron chi connectivity index (χ4n) is 3.82. The molecule has 1 aliphatic carbocycles. The van der Waals surface area contributed by atoms with E-state index in [0.29, 0.717) is 11.8 Å². The highest BCUT2D eigenvalue weighted by Crippen LogP contribution is 2.40. The zero-order chi connectivity index (χ0) is 22.6. The summed E-state index contributed by atoms with van der Waals surface area (Å²) in [5.41, 5.74) is 4.37. The zero-order valence-corrected chi connectivity index (χ0v) is 19.2. The molecule has 1 fully saturated rings. The molecule has 0 radical (unpaired) electrons. The topological polar surface area (TPSA) is 72.7 Å². The lowest BCUT2D eigenvalue weighted by atomic mass is 10.0. The Bertz CT molecular complexity index is 1220. The first-order valence-electron chi connectivity index (χ1n) is 11.1. The molecule has 166 valence electrons. The summed E-state index contributed by atoms with van der Waals surface area (Å²) in [4.78, 5) is 16.9. The summed E-state index contributed by atoms with van der Waals surface area (Å²) in [5, 5.41) is 12.6. The Morgan fingerprint density at radius 3 is 2.42 bits per heavy atom. The van der Waals surface area contributed by atoms with E-state index in [2.05, 4.69) is 61.5 Å². The van der Waals surface area contributed by atoms with Gasteiger partial charge in [0.15, 0.2) is 11.0 Å². The minimum Gasteiger partial charge on any atom is -0.349 e. The van der Waals surface area contributed by atoms with Crippen LogP contribution < -0.4 is 5.32 Å². The highest BCUT2D eigenvalue weighted by Gasteiger charge is 2.30. The number of benzene rings is 2. The molecule has 1 N–H and O–H groups in total. The van der Waals surface area contributed by atoms with Crippen LogP contribution in [0.15, 0.2) is 84.3 Å². The molecule has 0 aliphatic heterocycles. The lowest BCUT2D eigenvalue weighted by molar-refractivity contribution is -0.119. The molecule has 33 heavy (non-hydrogen) atoms. The molecule has 7 heteroatoms.